The highest BCUT2D eigenvalue weighted by Gasteiger charge is 2.14. The van der Waals surface area contributed by atoms with Crippen LogP contribution >= 0.6 is 23.1 Å². The van der Waals surface area contributed by atoms with Crippen LogP contribution in [-0.2, 0) is 11.3 Å². The first-order chi connectivity index (χ1) is 10.2. The first-order valence-electron chi connectivity index (χ1n) is 7.04. The summed E-state index contributed by atoms with van der Waals surface area (Å²) in [4.78, 5) is 18.5. The first-order valence-corrected chi connectivity index (χ1v) is 8.91. The summed E-state index contributed by atoms with van der Waals surface area (Å²) in [5.41, 5.74) is 2.42. The maximum atomic E-state index is 12.4. The quantitative estimate of drug-likeness (QED) is 0.723. The maximum Gasteiger partial charge on any atom is 0.233 e. The van der Waals surface area contributed by atoms with Gasteiger partial charge in [-0.25, -0.2) is 4.98 Å². The number of aromatic nitrogens is 1. The summed E-state index contributed by atoms with van der Waals surface area (Å²) in [6, 6.07) is 8.38. The minimum absolute atomic E-state index is 0.178. The third-order valence-corrected chi connectivity index (χ3v) is 5.02. The van der Waals surface area contributed by atoms with Crippen LogP contribution in [0.15, 0.2) is 40.2 Å². The van der Waals surface area contributed by atoms with Gasteiger partial charge >= 0.3 is 0 Å². The number of amides is 1. The smallest absolute Gasteiger partial charge is 0.233 e. The molecule has 0 aliphatic carbocycles. The summed E-state index contributed by atoms with van der Waals surface area (Å²) in [6.07, 6.45) is 2.74. The van der Waals surface area contributed by atoms with Gasteiger partial charge in [0.15, 0.2) is 0 Å². The number of hydrogen-bond acceptors (Lipinski definition) is 4. The van der Waals surface area contributed by atoms with Gasteiger partial charge < -0.3 is 4.90 Å². The lowest BCUT2D eigenvalue weighted by Crippen LogP contribution is -2.32. The predicted octanol–water partition coefficient (Wildman–Crippen LogP) is 3.98. The Morgan fingerprint density at radius 1 is 1.33 bits per heavy atom. The Morgan fingerprint density at radius 2 is 2.10 bits per heavy atom. The number of carbonyl (C=O) groups excluding carboxylic acids is 1. The van der Waals surface area contributed by atoms with Crippen LogP contribution in [0.5, 0.6) is 0 Å². The van der Waals surface area contributed by atoms with Crippen LogP contribution < -0.4 is 0 Å². The highest BCUT2D eigenvalue weighted by Crippen LogP contribution is 2.21. The Morgan fingerprint density at radius 3 is 2.71 bits per heavy atom. The van der Waals surface area contributed by atoms with E-state index >= 15 is 0 Å². The molecule has 112 valence electrons. The van der Waals surface area contributed by atoms with Crippen LogP contribution in [0.25, 0.3) is 0 Å². The molecule has 0 atom stereocenters. The van der Waals surface area contributed by atoms with Crippen LogP contribution in [0.3, 0.4) is 0 Å². The van der Waals surface area contributed by atoms with Gasteiger partial charge in [0.2, 0.25) is 5.91 Å². The lowest BCUT2D eigenvalue weighted by atomic mass is 10.1. The number of nitrogens with zero attached hydrogens (tertiary/aromatic N) is 2. The Balaban J connectivity index is 1.93. The van der Waals surface area contributed by atoms with Crippen LogP contribution in [-0.4, -0.2) is 28.1 Å². The normalized spacial score (nSPS) is 10.6. The van der Waals surface area contributed by atoms with Crippen molar-refractivity contribution in [1.82, 2.24) is 9.88 Å². The van der Waals surface area contributed by atoms with E-state index in [1.165, 1.54) is 22.9 Å². The largest absolute Gasteiger partial charge is 0.338 e. The fourth-order valence-electron chi connectivity index (χ4n) is 1.97. The monoisotopic (exact) mass is 320 g/mol. The van der Waals surface area contributed by atoms with Crippen LogP contribution in [0.4, 0.5) is 0 Å². The van der Waals surface area contributed by atoms with E-state index in [-0.39, 0.29) is 5.91 Å². The van der Waals surface area contributed by atoms with E-state index < -0.39 is 0 Å². The summed E-state index contributed by atoms with van der Waals surface area (Å²) in [6.45, 7) is 5.66. The number of hydrogen-bond donors (Lipinski definition) is 0. The van der Waals surface area contributed by atoms with Crippen molar-refractivity contribution in [3.05, 3.63) is 47.0 Å². The van der Waals surface area contributed by atoms with E-state index in [4.69, 9.17) is 0 Å². The molecule has 1 aromatic heterocycles. The number of benzene rings is 1. The molecule has 0 bridgehead atoms. The van der Waals surface area contributed by atoms with Crippen molar-refractivity contribution in [2.75, 3.05) is 12.3 Å². The SMILES string of the molecule is CCCN(Cc1ccc(C)cc1)C(=O)CSc1nccs1. The molecule has 3 nitrogen and oxygen atoms in total. The number of rotatable bonds is 7. The lowest BCUT2D eigenvalue weighted by molar-refractivity contribution is -0.129. The average Bonchev–Trinajstić information content (AvgIpc) is 3.00. The van der Waals surface area contributed by atoms with Crippen molar-refractivity contribution in [2.45, 2.75) is 31.2 Å². The average molecular weight is 320 g/mol. The third kappa shape index (κ3) is 5.17. The van der Waals surface area contributed by atoms with Gasteiger partial charge in [0.25, 0.3) is 0 Å². The van der Waals surface area contributed by atoms with Crippen molar-refractivity contribution in [1.29, 1.82) is 0 Å². The van der Waals surface area contributed by atoms with Gasteiger partial charge in [-0.05, 0) is 18.9 Å². The number of aryl methyl sites for hydroxylation is 1. The first kappa shape index (κ1) is 16.0. The van der Waals surface area contributed by atoms with Gasteiger partial charge in [0, 0.05) is 24.7 Å². The third-order valence-electron chi connectivity index (χ3n) is 3.07. The highest BCUT2D eigenvalue weighted by atomic mass is 32.2. The summed E-state index contributed by atoms with van der Waals surface area (Å²) in [7, 11) is 0. The fraction of sp³-hybridized carbons (Fsp3) is 0.375. The van der Waals surface area contributed by atoms with Crippen molar-refractivity contribution in [3.8, 4) is 0 Å². The highest BCUT2D eigenvalue weighted by molar-refractivity contribution is 8.01. The van der Waals surface area contributed by atoms with E-state index in [1.54, 1.807) is 17.5 Å². The summed E-state index contributed by atoms with van der Waals surface area (Å²) >= 11 is 3.10. The molecule has 0 unspecified atom stereocenters. The molecule has 1 heterocycles. The second-order valence-corrected chi connectivity index (χ2v) is 7.00. The van der Waals surface area contributed by atoms with Crippen LogP contribution in [0, 0.1) is 6.92 Å². The van der Waals surface area contributed by atoms with E-state index in [0.29, 0.717) is 12.3 Å². The molecule has 0 saturated heterocycles. The van der Waals surface area contributed by atoms with Crippen LogP contribution in [0.2, 0.25) is 0 Å². The second-order valence-electron chi connectivity index (χ2n) is 4.89. The molecule has 2 rings (SSSR count). The fourth-order valence-corrected chi connectivity index (χ4v) is 3.51. The Kier molecular flexibility index (Phi) is 6.26. The second kappa shape index (κ2) is 8.20. The van der Waals surface area contributed by atoms with E-state index in [2.05, 4.69) is 43.1 Å². The molecule has 5 heteroatoms. The Labute approximate surface area is 134 Å². The van der Waals surface area contributed by atoms with Gasteiger partial charge in [0.05, 0.1) is 5.75 Å². The van der Waals surface area contributed by atoms with Crippen molar-refractivity contribution in [3.63, 3.8) is 0 Å². The molecular formula is C16H20N2OS2. The minimum atomic E-state index is 0.178. The molecule has 0 fully saturated rings. The van der Waals surface area contributed by atoms with Crippen molar-refractivity contribution >= 4 is 29.0 Å². The number of carbonyl (C=O) groups is 1. The topological polar surface area (TPSA) is 33.2 Å². The molecule has 1 aromatic carbocycles. The summed E-state index contributed by atoms with van der Waals surface area (Å²) < 4.78 is 0.954. The minimum Gasteiger partial charge on any atom is -0.338 e. The predicted molar refractivity (Wildman–Crippen MR) is 89.7 cm³/mol. The Hall–Kier alpha value is -1.33. The van der Waals surface area contributed by atoms with E-state index in [0.717, 1.165) is 17.3 Å². The van der Waals surface area contributed by atoms with E-state index in [9.17, 15) is 4.79 Å². The van der Waals surface area contributed by atoms with E-state index in [1.807, 2.05) is 10.3 Å². The molecule has 0 N–H and O–H groups in total. The molecule has 21 heavy (non-hydrogen) atoms. The van der Waals surface area contributed by atoms with Crippen molar-refractivity contribution < 1.29 is 4.79 Å². The van der Waals surface area contributed by atoms with Gasteiger partial charge in [0.1, 0.15) is 4.34 Å². The van der Waals surface area contributed by atoms with Gasteiger partial charge in [-0.15, -0.1) is 11.3 Å². The zero-order valence-corrected chi connectivity index (χ0v) is 14.0. The van der Waals surface area contributed by atoms with Crippen LogP contribution in [0.1, 0.15) is 24.5 Å². The van der Waals surface area contributed by atoms with Gasteiger partial charge in [-0.1, -0.05) is 48.5 Å². The maximum absolute atomic E-state index is 12.4. The Bertz CT molecular complexity index is 552. The van der Waals surface area contributed by atoms with Crippen molar-refractivity contribution in [2.24, 2.45) is 0 Å². The summed E-state index contributed by atoms with van der Waals surface area (Å²) in [5.74, 6) is 0.636. The zero-order valence-electron chi connectivity index (χ0n) is 12.4. The molecule has 2 aromatic rings. The molecule has 0 saturated carbocycles. The molecule has 0 aliphatic rings. The molecular weight excluding hydrogens is 300 g/mol. The lowest BCUT2D eigenvalue weighted by Gasteiger charge is -2.22. The molecule has 0 radical (unpaired) electrons. The standard InChI is InChI=1S/C16H20N2OS2/c1-3-9-18(11-14-6-4-13(2)5-7-14)15(19)12-21-16-17-8-10-20-16/h4-8,10H,3,9,11-12H2,1-2H3. The summed E-state index contributed by atoms with van der Waals surface area (Å²) in [5, 5.41) is 1.93. The van der Waals surface area contributed by atoms with Gasteiger partial charge in [-0.3, -0.25) is 4.79 Å². The number of thiazole rings is 1. The molecule has 1 amide bonds. The molecule has 0 aliphatic heterocycles. The number of thioether (sulfide) groups is 1. The zero-order chi connectivity index (χ0) is 15.1. The molecule has 0 spiro atoms. The van der Waals surface area contributed by atoms with Gasteiger partial charge in [-0.2, -0.15) is 0 Å².